The molecule has 1 atom stereocenters. The number of phenolic OH excluding ortho intramolecular Hbond substituents is 1. The van der Waals surface area contributed by atoms with Gasteiger partial charge in [0.25, 0.3) is 0 Å². The molecule has 1 rings (SSSR count). The van der Waals surface area contributed by atoms with E-state index in [1.165, 1.54) is 6.07 Å². The molecule has 0 aromatic heterocycles. The number of aromatic hydroxyl groups is 1. The lowest BCUT2D eigenvalue weighted by Crippen LogP contribution is -2.21. The summed E-state index contributed by atoms with van der Waals surface area (Å²) >= 11 is 0. The second-order valence-corrected chi connectivity index (χ2v) is 3.14. The average Bonchev–Trinajstić information content (AvgIpc) is 2.20. The fourth-order valence-corrected chi connectivity index (χ4v) is 1.15. The van der Waals surface area contributed by atoms with Crippen LogP contribution in [0.1, 0.15) is 5.56 Å². The number of benzene rings is 1. The van der Waals surface area contributed by atoms with Crippen molar-refractivity contribution in [1.29, 1.82) is 0 Å². The number of carbonyl (C=O) groups is 1. The van der Waals surface area contributed by atoms with Gasteiger partial charge in [-0.1, -0.05) is 6.07 Å². The van der Waals surface area contributed by atoms with Gasteiger partial charge in [-0.3, -0.25) is 10.1 Å². The largest absolute Gasteiger partial charge is 0.502 e. The molecule has 7 nitrogen and oxygen atoms in total. The molecule has 0 amide bonds. The summed E-state index contributed by atoms with van der Waals surface area (Å²) in [6.45, 7) is 0. The van der Waals surface area contributed by atoms with Gasteiger partial charge in [-0.25, -0.2) is 4.79 Å². The Bertz CT molecular complexity index is 430. The number of carboxylic acids is 1. The molecule has 0 unspecified atom stereocenters. The molecule has 0 bridgehead atoms. The number of nitrogens with zero attached hydrogens (tertiary/aromatic N) is 1. The van der Waals surface area contributed by atoms with Crippen LogP contribution in [-0.2, 0) is 11.2 Å². The van der Waals surface area contributed by atoms with E-state index >= 15 is 0 Å². The fourth-order valence-electron chi connectivity index (χ4n) is 1.15. The molecule has 0 aliphatic rings. The van der Waals surface area contributed by atoms with E-state index in [4.69, 9.17) is 15.3 Å². The highest BCUT2D eigenvalue weighted by atomic mass is 16.6. The van der Waals surface area contributed by atoms with Crippen molar-refractivity contribution in [3.63, 3.8) is 0 Å². The van der Waals surface area contributed by atoms with Crippen molar-refractivity contribution in [3.05, 3.63) is 33.9 Å². The zero-order valence-corrected chi connectivity index (χ0v) is 8.03. The lowest BCUT2D eigenvalue weighted by atomic mass is 10.1. The van der Waals surface area contributed by atoms with E-state index in [-0.39, 0.29) is 12.0 Å². The standard InChI is InChI=1S/C9H9NO6/c11-7-2-1-5(3-6(7)10(15)16)4-8(12)9(13)14/h1-3,8,11-12H,4H2,(H,13,14)/t8-/m0/s1. The Morgan fingerprint density at radius 3 is 2.62 bits per heavy atom. The third-order valence-corrected chi connectivity index (χ3v) is 1.95. The number of nitro benzene ring substituents is 1. The third kappa shape index (κ3) is 2.67. The average molecular weight is 227 g/mol. The molecule has 0 saturated carbocycles. The Labute approximate surface area is 89.7 Å². The molecule has 0 radical (unpaired) electrons. The summed E-state index contributed by atoms with van der Waals surface area (Å²) in [6.07, 6.45) is -1.87. The fraction of sp³-hybridized carbons (Fsp3) is 0.222. The maximum absolute atomic E-state index is 10.5. The van der Waals surface area contributed by atoms with E-state index < -0.39 is 28.4 Å². The lowest BCUT2D eigenvalue weighted by molar-refractivity contribution is -0.385. The van der Waals surface area contributed by atoms with Gasteiger partial charge in [0.1, 0.15) is 0 Å². The van der Waals surface area contributed by atoms with Gasteiger partial charge in [0.15, 0.2) is 11.9 Å². The zero-order chi connectivity index (χ0) is 12.3. The minimum atomic E-state index is -1.62. The number of aliphatic carboxylic acids is 1. The summed E-state index contributed by atoms with van der Waals surface area (Å²) in [7, 11) is 0. The number of aliphatic hydroxyl groups excluding tert-OH is 1. The number of rotatable bonds is 4. The van der Waals surface area contributed by atoms with Crippen LogP contribution in [0.25, 0.3) is 0 Å². The highest BCUT2D eigenvalue weighted by Gasteiger charge is 2.18. The van der Waals surface area contributed by atoms with Gasteiger partial charge in [-0.2, -0.15) is 0 Å². The molecule has 1 aromatic rings. The summed E-state index contributed by atoms with van der Waals surface area (Å²) in [5.74, 6) is -1.91. The van der Waals surface area contributed by atoms with E-state index in [9.17, 15) is 14.9 Å². The maximum Gasteiger partial charge on any atom is 0.332 e. The van der Waals surface area contributed by atoms with Crippen LogP contribution >= 0.6 is 0 Å². The summed E-state index contributed by atoms with van der Waals surface area (Å²) in [5, 5.41) is 37.1. The minimum absolute atomic E-state index is 0.254. The smallest absolute Gasteiger partial charge is 0.332 e. The van der Waals surface area contributed by atoms with Crippen molar-refractivity contribution in [3.8, 4) is 5.75 Å². The molecular weight excluding hydrogens is 218 g/mol. The second kappa shape index (κ2) is 4.58. The van der Waals surface area contributed by atoms with Gasteiger partial charge in [0.05, 0.1) is 4.92 Å². The van der Waals surface area contributed by atoms with Crippen LogP contribution in [0.2, 0.25) is 0 Å². The quantitative estimate of drug-likeness (QED) is 0.502. The van der Waals surface area contributed by atoms with Crippen molar-refractivity contribution >= 4 is 11.7 Å². The van der Waals surface area contributed by atoms with Crippen molar-refractivity contribution in [2.24, 2.45) is 0 Å². The first kappa shape index (κ1) is 11.9. The monoisotopic (exact) mass is 227 g/mol. The summed E-state index contributed by atoms with van der Waals surface area (Å²) < 4.78 is 0. The first-order valence-electron chi connectivity index (χ1n) is 4.29. The Balaban J connectivity index is 2.95. The van der Waals surface area contributed by atoms with Crippen molar-refractivity contribution in [2.45, 2.75) is 12.5 Å². The summed E-state index contributed by atoms with van der Waals surface area (Å²) in [6, 6.07) is 3.43. The number of phenols is 1. The number of hydrogen-bond acceptors (Lipinski definition) is 5. The highest BCUT2D eigenvalue weighted by Crippen LogP contribution is 2.26. The van der Waals surface area contributed by atoms with Gasteiger partial charge in [0.2, 0.25) is 0 Å². The molecule has 86 valence electrons. The molecule has 0 saturated heterocycles. The Morgan fingerprint density at radius 1 is 1.50 bits per heavy atom. The van der Waals surface area contributed by atoms with Gasteiger partial charge < -0.3 is 15.3 Å². The van der Waals surface area contributed by atoms with Crippen LogP contribution in [0.4, 0.5) is 5.69 Å². The molecule has 3 N–H and O–H groups in total. The molecule has 0 heterocycles. The van der Waals surface area contributed by atoms with Gasteiger partial charge >= 0.3 is 11.7 Å². The number of hydrogen-bond donors (Lipinski definition) is 3. The van der Waals surface area contributed by atoms with Crippen LogP contribution < -0.4 is 0 Å². The normalized spacial score (nSPS) is 12.1. The van der Waals surface area contributed by atoms with Crippen molar-refractivity contribution in [1.82, 2.24) is 0 Å². The van der Waals surface area contributed by atoms with Crippen LogP contribution in [0.15, 0.2) is 18.2 Å². The first-order chi connectivity index (χ1) is 7.41. The molecule has 16 heavy (non-hydrogen) atoms. The molecule has 1 aromatic carbocycles. The van der Waals surface area contributed by atoms with E-state index in [0.717, 1.165) is 12.1 Å². The second-order valence-electron chi connectivity index (χ2n) is 3.14. The van der Waals surface area contributed by atoms with E-state index in [1.54, 1.807) is 0 Å². The highest BCUT2D eigenvalue weighted by molar-refractivity contribution is 5.72. The number of carboxylic acid groups (broad SMARTS) is 1. The van der Waals surface area contributed by atoms with E-state index in [2.05, 4.69) is 0 Å². The van der Waals surface area contributed by atoms with E-state index in [0.29, 0.717) is 0 Å². The molecule has 7 heteroatoms. The molecule has 0 spiro atoms. The zero-order valence-electron chi connectivity index (χ0n) is 8.03. The predicted molar refractivity (Wildman–Crippen MR) is 52.1 cm³/mol. The SMILES string of the molecule is O=C(O)[C@@H](O)Cc1ccc(O)c([N+](=O)[O-])c1. The molecule has 0 aliphatic heterocycles. The number of aliphatic hydroxyl groups is 1. The lowest BCUT2D eigenvalue weighted by Gasteiger charge is -2.05. The Kier molecular flexibility index (Phi) is 3.41. The Hall–Kier alpha value is -2.15. The van der Waals surface area contributed by atoms with E-state index in [1.807, 2.05) is 0 Å². The molecule has 0 fully saturated rings. The van der Waals surface area contributed by atoms with Crippen LogP contribution in [0.5, 0.6) is 5.75 Å². The van der Waals surface area contributed by atoms with Crippen LogP contribution in [0, 0.1) is 10.1 Å². The van der Waals surface area contributed by atoms with Crippen LogP contribution in [0.3, 0.4) is 0 Å². The third-order valence-electron chi connectivity index (χ3n) is 1.95. The molecule has 0 aliphatic carbocycles. The predicted octanol–water partition coefficient (Wildman–Crippen LogP) is 0.288. The van der Waals surface area contributed by atoms with Crippen molar-refractivity contribution in [2.75, 3.05) is 0 Å². The van der Waals surface area contributed by atoms with Crippen molar-refractivity contribution < 1.29 is 25.0 Å². The first-order valence-corrected chi connectivity index (χ1v) is 4.29. The minimum Gasteiger partial charge on any atom is -0.502 e. The van der Waals surface area contributed by atoms with Crippen LogP contribution in [-0.4, -0.2) is 32.3 Å². The van der Waals surface area contributed by atoms with Gasteiger partial charge in [0, 0.05) is 12.5 Å². The van der Waals surface area contributed by atoms with Gasteiger partial charge in [-0.05, 0) is 11.6 Å². The summed E-state index contributed by atoms with van der Waals surface area (Å²) in [5.41, 5.74) is -0.255. The number of nitro groups is 1. The van der Waals surface area contributed by atoms with Gasteiger partial charge in [-0.15, -0.1) is 0 Å². The maximum atomic E-state index is 10.5. The molecular formula is C9H9NO6. The topological polar surface area (TPSA) is 121 Å². The Morgan fingerprint density at radius 2 is 2.12 bits per heavy atom. The summed E-state index contributed by atoms with van der Waals surface area (Å²) in [4.78, 5) is 20.0.